The Morgan fingerprint density at radius 1 is 1.14 bits per heavy atom. The van der Waals surface area contributed by atoms with Gasteiger partial charge < -0.3 is 15.4 Å². The van der Waals surface area contributed by atoms with Gasteiger partial charge in [0.1, 0.15) is 5.60 Å². The molecular formula is C18H34N2O2. The number of alkyl carbamates (subject to hydrolysis) is 1. The molecule has 4 nitrogen and oxygen atoms in total. The van der Waals surface area contributed by atoms with Gasteiger partial charge in [0.25, 0.3) is 0 Å². The Balaban J connectivity index is 1.62. The largest absolute Gasteiger partial charge is 0.444 e. The average molecular weight is 310 g/mol. The maximum atomic E-state index is 11.8. The lowest BCUT2D eigenvalue weighted by Crippen LogP contribution is -2.44. The number of carbonyl (C=O) groups excluding carboxylic acids is 1. The molecule has 2 rings (SSSR count). The fourth-order valence-corrected chi connectivity index (χ4v) is 3.50. The first-order chi connectivity index (χ1) is 10.3. The van der Waals surface area contributed by atoms with E-state index in [0.29, 0.717) is 11.5 Å². The molecule has 22 heavy (non-hydrogen) atoms. The van der Waals surface area contributed by atoms with Crippen molar-refractivity contribution in [2.24, 2.45) is 5.41 Å². The Hall–Kier alpha value is -0.770. The Labute approximate surface area is 135 Å². The fourth-order valence-electron chi connectivity index (χ4n) is 3.50. The Kier molecular flexibility index (Phi) is 5.76. The van der Waals surface area contributed by atoms with Gasteiger partial charge in [0.05, 0.1) is 0 Å². The molecule has 4 heteroatoms. The van der Waals surface area contributed by atoms with Crippen molar-refractivity contribution < 1.29 is 9.53 Å². The quantitative estimate of drug-likeness (QED) is 0.780. The summed E-state index contributed by atoms with van der Waals surface area (Å²) in [6.07, 6.45) is 9.63. The molecule has 2 N–H and O–H groups in total. The van der Waals surface area contributed by atoms with Crippen molar-refractivity contribution in [3.05, 3.63) is 0 Å². The number of ether oxygens (including phenoxy) is 1. The molecule has 0 atom stereocenters. The van der Waals surface area contributed by atoms with E-state index in [1.165, 1.54) is 32.2 Å². The molecule has 0 saturated heterocycles. The van der Waals surface area contributed by atoms with E-state index in [-0.39, 0.29) is 12.1 Å². The molecule has 0 aromatic rings. The predicted molar refractivity (Wildman–Crippen MR) is 90.0 cm³/mol. The van der Waals surface area contributed by atoms with Crippen LogP contribution in [0.25, 0.3) is 0 Å². The van der Waals surface area contributed by atoms with Crippen LogP contribution in [0, 0.1) is 5.41 Å². The molecule has 128 valence electrons. The first kappa shape index (κ1) is 17.6. The summed E-state index contributed by atoms with van der Waals surface area (Å²) in [4.78, 5) is 11.8. The molecule has 0 bridgehead atoms. The van der Waals surface area contributed by atoms with E-state index in [4.69, 9.17) is 4.74 Å². The lowest BCUT2D eigenvalue weighted by molar-refractivity contribution is 0.0489. The SMILES string of the molecule is CCCC1(CNC2CCC(NC(=O)OC(C)(C)C)CC2)CC1. The number of nitrogens with one attached hydrogen (secondary N) is 2. The molecule has 0 spiro atoms. The summed E-state index contributed by atoms with van der Waals surface area (Å²) in [5.41, 5.74) is 0.209. The van der Waals surface area contributed by atoms with Gasteiger partial charge >= 0.3 is 6.09 Å². The normalized spacial score (nSPS) is 27.3. The number of carbonyl (C=O) groups is 1. The van der Waals surface area contributed by atoms with Gasteiger partial charge in [-0.2, -0.15) is 0 Å². The second kappa shape index (κ2) is 7.20. The second-order valence-electron chi connectivity index (χ2n) is 8.33. The Morgan fingerprint density at radius 2 is 1.73 bits per heavy atom. The summed E-state index contributed by atoms with van der Waals surface area (Å²) in [6, 6.07) is 0.907. The van der Waals surface area contributed by atoms with Crippen LogP contribution in [-0.4, -0.2) is 30.3 Å². The summed E-state index contributed by atoms with van der Waals surface area (Å²) in [6.45, 7) is 9.18. The number of rotatable bonds is 6. The molecule has 1 amide bonds. The van der Waals surface area contributed by atoms with Crippen LogP contribution in [0.5, 0.6) is 0 Å². The Morgan fingerprint density at radius 3 is 2.23 bits per heavy atom. The van der Waals surface area contributed by atoms with E-state index in [0.717, 1.165) is 25.7 Å². The van der Waals surface area contributed by atoms with Crippen LogP contribution in [-0.2, 0) is 4.74 Å². The third-order valence-corrected chi connectivity index (χ3v) is 4.95. The number of hydrogen-bond acceptors (Lipinski definition) is 3. The first-order valence-electron chi connectivity index (χ1n) is 9.05. The lowest BCUT2D eigenvalue weighted by Gasteiger charge is -2.31. The van der Waals surface area contributed by atoms with Crippen LogP contribution in [0.3, 0.4) is 0 Å². The van der Waals surface area contributed by atoms with Gasteiger partial charge in [0.2, 0.25) is 0 Å². The van der Waals surface area contributed by atoms with Crippen molar-refractivity contribution in [2.75, 3.05) is 6.54 Å². The highest BCUT2D eigenvalue weighted by Gasteiger charge is 2.41. The molecule has 0 radical (unpaired) electrons. The van der Waals surface area contributed by atoms with Gasteiger partial charge in [-0.05, 0) is 71.1 Å². The molecule has 0 aliphatic heterocycles. The topological polar surface area (TPSA) is 50.4 Å². The molecule has 0 unspecified atom stereocenters. The van der Waals surface area contributed by atoms with E-state index in [9.17, 15) is 4.79 Å². The summed E-state index contributed by atoms with van der Waals surface area (Å²) < 4.78 is 5.33. The third kappa shape index (κ3) is 5.79. The molecular weight excluding hydrogens is 276 g/mol. The van der Waals surface area contributed by atoms with Gasteiger partial charge in [0, 0.05) is 18.6 Å². The van der Waals surface area contributed by atoms with Crippen molar-refractivity contribution in [1.82, 2.24) is 10.6 Å². The zero-order valence-electron chi connectivity index (χ0n) is 14.8. The van der Waals surface area contributed by atoms with E-state index >= 15 is 0 Å². The lowest BCUT2D eigenvalue weighted by atomic mass is 9.90. The van der Waals surface area contributed by atoms with E-state index in [1.54, 1.807) is 0 Å². The Bertz CT molecular complexity index is 364. The van der Waals surface area contributed by atoms with Crippen molar-refractivity contribution in [1.29, 1.82) is 0 Å². The van der Waals surface area contributed by atoms with Crippen molar-refractivity contribution >= 4 is 6.09 Å². The van der Waals surface area contributed by atoms with Crippen LogP contribution < -0.4 is 10.6 Å². The highest BCUT2D eigenvalue weighted by molar-refractivity contribution is 5.68. The highest BCUT2D eigenvalue weighted by atomic mass is 16.6. The summed E-state index contributed by atoms with van der Waals surface area (Å²) in [5, 5.41) is 6.79. The van der Waals surface area contributed by atoms with Gasteiger partial charge in [-0.15, -0.1) is 0 Å². The molecule has 0 heterocycles. The van der Waals surface area contributed by atoms with Crippen LogP contribution in [0.15, 0.2) is 0 Å². The third-order valence-electron chi connectivity index (χ3n) is 4.95. The molecule has 0 aromatic carbocycles. The minimum atomic E-state index is -0.416. The number of hydrogen-bond donors (Lipinski definition) is 2. The highest BCUT2D eigenvalue weighted by Crippen LogP contribution is 2.49. The van der Waals surface area contributed by atoms with Crippen molar-refractivity contribution in [2.45, 2.75) is 96.7 Å². The average Bonchev–Trinajstić information content (AvgIpc) is 3.16. The molecule has 2 fully saturated rings. The molecule has 2 saturated carbocycles. The minimum absolute atomic E-state index is 0.274. The second-order valence-corrected chi connectivity index (χ2v) is 8.33. The maximum Gasteiger partial charge on any atom is 0.407 e. The van der Waals surface area contributed by atoms with Gasteiger partial charge in [-0.1, -0.05) is 13.3 Å². The van der Waals surface area contributed by atoms with E-state index in [2.05, 4.69) is 17.6 Å². The van der Waals surface area contributed by atoms with Crippen LogP contribution in [0.4, 0.5) is 4.79 Å². The molecule has 0 aromatic heterocycles. The summed E-state index contributed by atoms with van der Waals surface area (Å²) in [5.74, 6) is 0. The van der Waals surface area contributed by atoms with E-state index in [1.807, 2.05) is 20.8 Å². The first-order valence-corrected chi connectivity index (χ1v) is 9.05. The van der Waals surface area contributed by atoms with Crippen molar-refractivity contribution in [3.8, 4) is 0 Å². The minimum Gasteiger partial charge on any atom is -0.444 e. The summed E-state index contributed by atoms with van der Waals surface area (Å²) >= 11 is 0. The zero-order valence-corrected chi connectivity index (χ0v) is 14.8. The summed E-state index contributed by atoms with van der Waals surface area (Å²) in [7, 11) is 0. The number of amides is 1. The zero-order chi connectivity index (χ0) is 16.2. The van der Waals surface area contributed by atoms with Crippen molar-refractivity contribution in [3.63, 3.8) is 0 Å². The monoisotopic (exact) mass is 310 g/mol. The molecule has 2 aliphatic carbocycles. The predicted octanol–water partition coefficient (Wildman–Crippen LogP) is 3.99. The van der Waals surface area contributed by atoms with Crippen LogP contribution >= 0.6 is 0 Å². The maximum absolute atomic E-state index is 11.8. The fraction of sp³-hybridized carbons (Fsp3) is 0.944. The van der Waals surface area contributed by atoms with Gasteiger partial charge in [-0.25, -0.2) is 4.79 Å². The van der Waals surface area contributed by atoms with Crippen LogP contribution in [0.2, 0.25) is 0 Å². The standard InChI is InChI=1S/C18H34N2O2/c1-5-10-18(11-12-18)13-19-14-6-8-15(9-7-14)20-16(21)22-17(2,3)4/h14-15,19H,5-13H2,1-4H3,(H,20,21). The smallest absolute Gasteiger partial charge is 0.407 e. The van der Waals surface area contributed by atoms with Gasteiger partial charge in [-0.3, -0.25) is 0 Å². The van der Waals surface area contributed by atoms with Crippen LogP contribution in [0.1, 0.15) is 79.1 Å². The molecule has 2 aliphatic rings. The van der Waals surface area contributed by atoms with Gasteiger partial charge in [0.15, 0.2) is 0 Å². The van der Waals surface area contributed by atoms with E-state index < -0.39 is 5.60 Å².